The molecule has 0 unspecified atom stereocenters. The van der Waals surface area contributed by atoms with Gasteiger partial charge >= 0.3 is 0 Å². The Hall–Kier alpha value is -2.03. The average molecular weight is 395 g/mol. The molecule has 2 rings (SSSR count). The molecule has 26 heavy (non-hydrogen) atoms. The normalized spacial score (nSPS) is 11.4. The van der Waals surface area contributed by atoms with Crippen molar-refractivity contribution in [3.8, 4) is 5.75 Å². The van der Waals surface area contributed by atoms with E-state index < -0.39 is 10.0 Å². The molecule has 0 bridgehead atoms. The summed E-state index contributed by atoms with van der Waals surface area (Å²) in [7, 11) is -0.662. The Morgan fingerprint density at radius 2 is 1.92 bits per heavy atom. The van der Waals surface area contributed by atoms with E-state index in [0.29, 0.717) is 11.4 Å². The summed E-state index contributed by atoms with van der Waals surface area (Å²) in [6.07, 6.45) is 1.86. The zero-order valence-corrected chi connectivity index (χ0v) is 16.8. The second kappa shape index (κ2) is 8.57. The molecule has 2 aromatic carbocycles. The van der Waals surface area contributed by atoms with Gasteiger partial charge in [0.2, 0.25) is 15.9 Å². The number of nitrogens with zero attached hydrogens (tertiary/aromatic N) is 1. The van der Waals surface area contributed by atoms with Crippen molar-refractivity contribution in [1.82, 2.24) is 4.31 Å². The first-order valence-electron chi connectivity index (χ1n) is 7.83. The van der Waals surface area contributed by atoms with Crippen LogP contribution in [-0.2, 0) is 21.4 Å². The summed E-state index contributed by atoms with van der Waals surface area (Å²) in [5.41, 5.74) is 1.25. The zero-order valence-electron chi connectivity index (χ0n) is 15.1. The van der Waals surface area contributed by atoms with Gasteiger partial charge in [-0.15, -0.1) is 11.8 Å². The molecular weight excluding hydrogens is 372 g/mol. The highest BCUT2D eigenvalue weighted by Crippen LogP contribution is 2.30. The lowest BCUT2D eigenvalue weighted by atomic mass is 10.2. The third kappa shape index (κ3) is 4.57. The van der Waals surface area contributed by atoms with Crippen molar-refractivity contribution in [2.75, 3.05) is 25.7 Å². The number of hydrogen-bond acceptors (Lipinski definition) is 5. The minimum absolute atomic E-state index is 0.122. The maximum Gasteiger partial charge on any atom is 0.243 e. The van der Waals surface area contributed by atoms with Crippen LogP contribution in [0.15, 0.2) is 52.3 Å². The van der Waals surface area contributed by atoms with Crippen LogP contribution in [0, 0.1) is 0 Å². The number of carbonyl (C=O) groups is 1. The van der Waals surface area contributed by atoms with Crippen molar-refractivity contribution < 1.29 is 17.9 Å². The number of ether oxygens (including phenoxy) is 1. The lowest BCUT2D eigenvalue weighted by Gasteiger charge is -2.19. The van der Waals surface area contributed by atoms with Gasteiger partial charge in [-0.3, -0.25) is 4.79 Å². The maximum absolute atomic E-state index is 12.9. The van der Waals surface area contributed by atoms with Crippen LogP contribution in [-0.4, -0.2) is 39.0 Å². The molecule has 0 aliphatic rings. The Morgan fingerprint density at radius 3 is 2.54 bits per heavy atom. The molecule has 1 amide bonds. The minimum Gasteiger partial charge on any atom is -0.496 e. The van der Waals surface area contributed by atoms with E-state index >= 15 is 0 Å². The number of benzene rings is 2. The van der Waals surface area contributed by atoms with Crippen LogP contribution in [0.4, 0.5) is 5.69 Å². The highest BCUT2D eigenvalue weighted by atomic mass is 32.2. The number of rotatable bonds is 7. The second-order valence-electron chi connectivity index (χ2n) is 5.62. The van der Waals surface area contributed by atoms with Crippen LogP contribution in [0.1, 0.15) is 12.5 Å². The molecule has 0 saturated heterocycles. The van der Waals surface area contributed by atoms with E-state index in [1.807, 2.05) is 24.5 Å². The zero-order chi connectivity index (χ0) is 19.3. The van der Waals surface area contributed by atoms with E-state index in [9.17, 15) is 13.2 Å². The van der Waals surface area contributed by atoms with E-state index in [2.05, 4.69) is 5.32 Å². The number of amides is 1. The Morgan fingerprint density at radius 1 is 1.23 bits per heavy atom. The molecular formula is C18H22N2O4S2. The molecule has 6 nitrogen and oxygen atoms in total. The fourth-order valence-corrected chi connectivity index (χ4v) is 4.18. The Bertz CT molecular complexity index is 898. The first-order valence-corrected chi connectivity index (χ1v) is 10.5. The van der Waals surface area contributed by atoms with Crippen LogP contribution in [0.25, 0.3) is 0 Å². The van der Waals surface area contributed by atoms with Crippen LogP contribution in [0.3, 0.4) is 0 Å². The number of carbonyl (C=O) groups excluding carboxylic acids is 1. The second-order valence-corrected chi connectivity index (χ2v) is 8.51. The van der Waals surface area contributed by atoms with E-state index in [1.165, 1.54) is 36.1 Å². The van der Waals surface area contributed by atoms with Gasteiger partial charge in [-0.1, -0.05) is 18.2 Å². The summed E-state index contributed by atoms with van der Waals surface area (Å²) in [6.45, 7) is 1.56. The molecule has 0 fully saturated rings. The van der Waals surface area contributed by atoms with E-state index in [0.717, 1.165) is 10.5 Å². The lowest BCUT2D eigenvalue weighted by molar-refractivity contribution is -0.114. The maximum atomic E-state index is 12.9. The summed E-state index contributed by atoms with van der Waals surface area (Å²) in [6, 6.07) is 12.0. The number of para-hydroxylation sites is 1. The quantitative estimate of drug-likeness (QED) is 0.730. The summed E-state index contributed by atoms with van der Waals surface area (Å²) in [4.78, 5) is 12.3. The summed E-state index contributed by atoms with van der Waals surface area (Å²) >= 11 is 1.43. The van der Waals surface area contributed by atoms with Gasteiger partial charge < -0.3 is 10.1 Å². The van der Waals surface area contributed by atoms with Crippen molar-refractivity contribution in [3.63, 3.8) is 0 Å². The molecule has 2 aromatic rings. The molecule has 140 valence electrons. The van der Waals surface area contributed by atoms with Crippen LogP contribution >= 0.6 is 11.8 Å². The largest absolute Gasteiger partial charge is 0.496 e. The molecule has 0 aromatic heterocycles. The van der Waals surface area contributed by atoms with Crippen molar-refractivity contribution in [3.05, 3.63) is 48.0 Å². The molecule has 1 N–H and O–H groups in total. The topological polar surface area (TPSA) is 75.7 Å². The fourth-order valence-electron chi connectivity index (χ4n) is 2.47. The highest BCUT2D eigenvalue weighted by Gasteiger charge is 2.23. The van der Waals surface area contributed by atoms with Crippen LogP contribution in [0.2, 0.25) is 0 Å². The molecule has 8 heteroatoms. The van der Waals surface area contributed by atoms with Gasteiger partial charge in [-0.25, -0.2) is 8.42 Å². The molecule has 0 radical (unpaired) electrons. The van der Waals surface area contributed by atoms with Crippen LogP contribution < -0.4 is 10.1 Å². The number of thioether (sulfide) groups is 1. The third-order valence-electron chi connectivity index (χ3n) is 3.78. The number of anilines is 1. The molecule has 0 aliphatic carbocycles. The molecule has 0 spiro atoms. The van der Waals surface area contributed by atoms with E-state index in [1.54, 1.807) is 25.3 Å². The first-order chi connectivity index (χ1) is 12.3. The predicted molar refractivity (Wildman–Crippen MR) is 104 cm³/mol. The minimum atomic E-state index is -3.73. The smallest absolute Gasteiger partial charge is 0.243 e. The SMILES string of the molecule is COc1ccccc1CN(C)S(=O)(=O)c1ccc(SC)c(NC(C)=O)c1. The number of nitrogens with one attached hydrogen (secondary N) is 1. The van der Waals surface area contributed by atoms with Gasteiger partial charge in [0.15, 0.2) is 0 Å². The fraction of sp³-hybridized carbons (Fsp3) is 0.278. The van der Waals surface area contributed by atoms with Crippen molar-refractivity contribution in [2.24, 2.45) is 0 Å². The average Bonchev–Trinajstić information content (AvgIpc) is 2.61. The molecule has 0 saturated carbocycles. The lowest BCUT2D eigenvalue weighted by Crippen LogP contribution is -2.27. The van der Waals surface area contributed by atoms with Gasteiger partial charge in [-0.05, 0) is 30.5 Å². The van der Waals surface area contributed by atoms with Crippen LogP contribution in [0.5, 0.6) is 5.75 Å². The Balaban J connectivity index is 2.35. The highest BCUT2D eigenvalue weighted by molar-refractivity contribution is 7.98. The standard InChI is InChI=1S/C18H22N2O4S2/c1-13(21)19-16-11-15(9-10-18(16)25-4)26(22,23)20(2)12-14-7-5-6-8-17(14)24-3/h5-11H,12H2,1-4H3,(H,19,21). The Kier molecular flexibility index (Phi) is 6.69. The number of sulfonamides is 1. The third-order valence-corrected chi connectivity index (χ3v) is 6.37. The molecule has 0 heterocycles. The summed E-state index contributed by atoms with van der Waals surface area (Å²) in [5, 5.41) is 2.68. The monoisotopic (exact) mass is 394 g/mol. The summed E-state index contributed by atoms with van der Waals surface area (Å²) < 4.78 is 32.4. The van der Waals surface area contributed by atoms with E-state index in [-0.39, 0.29) is 17.3 Å². The summed E-state index contributed by atoms with van der Waals surface area (Å²) in [5.74, 6) is 0.378. The van der Waals surface area contributed by atoms with Crippen molar-refractivity contribution in [2.45, 2.75) is 23.3 Å². The van der Waals surface area contributed by atoms with Gasteiger partial charge in [0.25, 0.3) is 0 Å². The molecule has 0 aliphatic heterocycles. The number of methoxy groups -OCH3 is 1. The number of hydrogen-bond donors (Lipinski definition) is 1. The van der Waals surface area contributed by atoms with Gasteiger partial charge in [0.05, 0.1) is 17.7 Å². The van der Waals surface area contributed by atoms with Crippen molar-refractivity contribution >= 4 is 33.4 Å². The first kappa shape index (κ1) is 20.3. The van der Waals surface area contributed by atoms with Gasteiger partial charge in [0.1, 0.15) is 5.75 Å². The van der Waals surface area contributed by atoms with E-state index in [4.69, 9.17) is 4.74 Å². The Labute approximate surface area is 158 Å². The molecule has 0 atom stereocenters. The predicted octanol–water partition coefficient (Wildman–Crippen LogP) is 3.20. The van der Waals surface area contributed by atoms with Crippen molar-refractivity contribution in [1.29, 1.82) is 0 Å². The van der Waals surface area contributed by atoms with Gasteiger partial charge in [0, 0.05) is 31.0 Å². The van der Waals surface area contributed by atoms with Gasteiger partial charge in [-0.2, -0.15) is 4.31 Å².